The second-order valence-corrected chi connectivity index (χ2v) is 9.42. The van der Waals surface area contributed by atoms with Crippen LogP contribution in [0, 0.1) is 0 Å². The Bertz CT molecular complexity index is 1060. The third-order valence-corrected chi connectivity index (χ3v) is 6.95. The summed E-state index contributed by atoms with van der Waals surface area (Å²) >= 11 is 0. The molecule has 0 bridgehead atoms. The van der Waals surface area contributed by atoms with Gasteiger partial charge in [0, 0.05) is 24.9 Å². The summed E-state index contributed by atoms with van der Waals surface area (Å²) in [6.45, 7) is 2.29. The van der Waals surface area contributed by atoms with Gasteiger partial charge < -0.3 is 25.2 Å². The highest BCUT2D eigenvalue weighted by molar-refractivity contribution is 5.82. The number of likely N-dealkylation sites (tertiary alicyclic amines) is 1. The van der Waals surface area contributed by atoms with Gasteiger partial charge in [-0.3, -0.25) is 4.79 Å². The van der Waals surface area contributed by atoms with Crippen LogP contribution in [0.25, 0.3) is 11.1 Å². The molecule has 0 aromatic heterocycles. The minimum absolute atomic E-state index is 0.0216. The highest BCUT2D eigenvalue weighted by Gasteiger charge is 2.42. The number of piperidine rings is 1. The van der Waals surface area contributed by atoms with Crippen molar-refractivity contribution in [3.8, 4) is 11.1 Å². The van der Waals surface area contributed by atoms with Gasteiger partial charge in [0.2, 0.25) is 5.91 Å². The summed E-state index contributed by atoms with van der Waals surface area (Å²) in [7, 11) is 0. The fraction of sp³-hybridized carbons (Fsp3) is 0.444. The number of aliphatic hydroxyl groups is 1. The number of carboxylic acid groups (broad SMARTS) is 1. The molecule has 8 heteroatoms. The van der Waals surface area contributed by atoms with Gasteiger partial charge in [-0.05, 0) is 41.5 Å². The monoisotopic (exact) mass is 480 g/mol. The number of carbonyl (C=O) groups excluding carboxylic acids is 2. The summed E-state index contributed by atoms with van der Waals surface area (Å²) in [5.41, 5.74) is 2.62. The summed E-state index contributed by atoms with van der Waals surface area (Å²) in [6, 6.07) is 15.8. The third kappa shape index (κ3) is 5.32. The number of hydrogen-bond donors (Lipinski definition) is 3. The Morgan fingerprint density at radius 3 is 2.34 bits per heavy atom. The molecule has 1 fully saturated rings. The molecule has 186 valence electrons. The van der Waals surface area contributed by atoms with E-state index < -0.39 is 23.7 Å². The van der Waals surface area contributed by atoms with E-state index in [1.165, 1.54) is 4.90 Å². The van der Waals surface area contributed by atoms with Gasteiger partial charge in [-0.2, -0.15) is 0 Å². The van der Waals surface area contributed by atoms with Crippen molar-refractivity contribution >= 4 is 18.0 Å². The first-order valence-corrected chi connectivity index (χ1v) is 12.2. The normalized spacial score (nSPS) is 20.0. The standard InChI is InChI=1S/C27H32N2O6/c1-2-8-18(15-24(30)29-14-7-13-27(34,17-29)25(31)32)28-26(33)35-16-23-21-11-5-3-9-19(21)20-10-4-6-12-22(20)23/h3-6,9-12,18,23,34H,2,7-8,13-17H2,1H3,(H,28,33)(H,31,32)/t18-,27?/m0/s1. The maximum atomic E-state index is 12.8. The Hall–Kier alpha value is -3.39. The molecule has 1 unspecified atom stereocenters. The molecular weight excluding hydrogens is 448 g/mol. The molecule has 0 spiro atoms. The number of carboxylic acids is 1. The Morgan fingerprint density at radius 1 is 1.11 bits per heavy atom. The maximum Gasteiger partial charge on any atom is 0.407 e. The number of benzene rings is 2. The van der Waals surface area contributed by atoms with Crippen LogP contribution >= 0.6 is 0 Å². The summed E-state index contributed by atoms with van der Waals surface area (Å²) in [5, 5.41) is 22.4. The van der Waals surface area contributed by atoms with Crippen LogP contribution in [0.1, 0.15) is 56.1 Å². The van der Waals surface area contributed by atoms with Crippen LogP contribution in [-0.4, -0.2) is 64.4 Å². The van der Waals surface area contributed by atoms with Gasteiger partial charge in [0.25, 0.3) is 0 Å². The van der Waals surface area contributed by atoms with E-state index in [9.17, 15) is 24.6 Å². The molecule has 2 aliphatic rings. The smallest absolute Gasteiger partial charge is 0.407 e. The quantitative estimate of drug-likeness (QED) is 0.532. The number of amides is 2. The number of aliphatic carboxylic acids is 1. The Labute approximate surface area is 204 Å². The first kappa shape index (κ1) is 24.7. The molecule has 2 aromatic rings. The van der Waals surface area contributed by atoms with E-state index in [0.717, 1.165) is 28.7 Å². The van der Waals surface area contributed by atoms with E-state index in [-0.39, 0.29) is 37.8 Å². The molecule has 2 amide bonds. The van der Waals surface area contributed by atoms with Crippen LogP contribution in [0.15, 0.2) is 48.5 Å². The molecule has 1 heterocycles. The zero-order valence-corrected chi connectivity index (χ0v) is 19.9. The second-order valence-electron chi connectivity index (χ2n) is 9.42. The molecule has 0 saturated carbocycles. The molecule has 4 rings (SSSR count). The zero-order valence-electron chi connectivity index (χ0n) is 19.9. The van der Waals surface area contributed by atoms with Crippen molar-refractivity contribution in [3.05, 3.63) is 59.7 Å². The summed E-state index contributed by atoms with van der Waals surface area (Å²) < 4.78 is 5.62. The van der Waals surface area contributed by atoms with Crippen molar-refractivity contribution in [2.75, 3.05) is 19.7 Å². The van der Waals surface area contributed by atoms with Crippen LogP contribution in [-0.2, 0) is 14.3 Å². The van der Waals surface area contributed by atoms with Gasteiger partial charge in [-0.1, -0.05) is 61.9 Å². The first-order chi connectivity index (χ1) is 16.8. The molecule has 2 atom stereocenters. The number of nitrogens with one attached hydrogen (secondary N) is 1. The highest BCUT2D eigenvalue weighted by atomic mass is 16.5. The molecule has 2 aromatic carbocycles. The summed E-state index contributed by atoms with van der Waals surface area (Å²) in [4.78, 5) is 38.3. The Kier molecular flexibility index (Phi) is 7.40. The number of ether oxygens (including phenoxy) is 1. The van der Waals surface area contributed by atoms with Crippen molar-refractivity contribution in [3.63, 3.8) is 0 Å². The predicted molar refractivity (Wildman–Crippen MR) is 130 cm³/mol. The van der Waals surface area contributed by atoms with Crippen molar-refractivity contribution in [2.24, 2.45) is 0 Å². The van der Waals surface area contributed by atoms with E-state index >= 15 is 0 Å². The van der Waals surface area contributed by atoms with Crippen LogP contribution < -0.4 is 5.32 Å². The largest absolute Gasteiger partial charge is 0.479 e. The van der Waals surface area contributed by atoms with Gasteiger partial charge >= 0.3 is 12.1 Å². The molecular formula is C27H32N2O6. The predicted octanol–water partition coefficient (Wildman–Crippen LogP) is 3.52. The summed E-state index contributed by atoms with van der Waals surface area (Å²) in [6.07, 6.45) is 1.29. The van der Waals surface area contributed by atoms with Crippen LogP contribution in [0.3, 0.4) is 0 Å². The summed E-state index contributed by atoms with van der Waals surface area (Å²) in [5.74, 6) is -1.67. The number of fused-ring (bicyclic) bond motifs is 3. The average molecular weight is 481 g/mol. The van der Waals surface area contributed by atoms with Crippen molar-refractivity contribution in [2.45, 2.75) is 56.6 Å². The number of nitrogens with zero attached hydrogens (tertiary/aromatic N) is 1. The zero-order chi connectivity index (χ0) is 25.0. The SMILES string of the molecule is CCC[C@@H](CC(=O)N1CCCC(O)(C(=O)O)C1)NC(=O)OCC1c2ccccc2-c2ccccc21. The van der Waals surface area contributed by atoms with Gasteiger partial charge in [0.15, 0.2) is 5.60 Å². The molecule has 1 saturated heterocycles. The number of rotatable bonds is 8. The highest BCUT2D eigenvalue weighted by Crippen LogP contribution is 2.44. The van der Waals surface area contributed by atoms with E-state index in [0.29, 0.717) is 19.4 Å². The number of β-amino-alcohol motifs (C(OH)–C–C–N with tert-alkyl or cyclic N) is 1. The topological polar surface area (TPSA) is 116 Å². The minimum Gasteiger partial charge on any atom is -0.479 e. The van der Waals surface area contributed by atoms with E-state index in [1.807, 2.05) is 31.2 Å². The molecule has 8 nitrogen and oxygen atoms in total. The van der Waals surface area contributed by atoms with Gasteiger partial charge in [-0.15, -0.1) is 0 Å². The lowest BCUT2D eigenvalue weighted by molar-refractivity contribution is -0.166. The first-order valence-electron chi connectivity index (χ1n) is 12.2. The molecule has 1 aliphatic carbocycles. The van der Waals surface area contributed by atoms with Crippen LogP contribution in [0.5, 0.6) is 0 Å². The van der Waals surface area contributed by atoms with E-state index in [4.69, 9.17) is 4.74 Å². The molecule has 0 radical (unpaired) electrons. The fourth-order valence-corrected chi connectivity index (χ4v) is 5.14. The molecule has 1 aliphatic heterocycles. The lowest BCUT2D eigenvalue weighted by Crippen LogP contribution is -2.55. The molecule has 35 heavy (non-hydrogen) atoms. The third-order valence-electron chi connectivity index (χ3n) is 6.95. The number of alkyl carbamates (subject to hydrolysis) is 1. The van der Waals surface area contributed by atoms with Gasteiger partial charge in [0.05, 0.1) is 6.54 Å². The minimum atomic E-state index is -1.92. The lowest BCUT2D eigenvalue weighted by Gasteiger charge is -2.37. The maximum absolute atomic E-state index is 12.8. The fourth-order valence-electron chi connectivity index (χ4n) is 5.14. The average Bonchev–Trinajstić information content (AvgIpc) is 3.16. The van der Waals surface area contributed by atoms with Crippen LogP contribution in [0.2, 0.25) is 0 Å². The van der Waals surface area contributed by atoms with E-state index in [2.05, 4.69) is 29.6 Å². The number of carbonyl (C=O) groups is 3. The lowest BCUT2D eigenvalue weighted by atomic mass is 9.92. The second kappa shape index (κ2) is 10.5. The number of hydrogen-bond acceptors (Lipinski definition) is 5. The Morgan fingerprint density at radius 2 is 1.74 bits per heavy atom. The van der Waals surface area contributed by atoms with Crippen molar-refractivity contribution in [1.82, 2.24) is 10.2 Å². The van der Waals surface area contributed by atoms with Crippen LogP contribution in [0.4, 0.5) is 4.79 Å². The Balaban J connectivity index is 1.36. The molecule has 3 N–H and O–H groups in total. The van der Waals surface area contributed by atoms with Gasteiger partial charge in [0.1, 0.15) is 6.61 Å². The van der Waals surface area contributed by atoms with Gasteiger partial charge in [-0.25, -0.2) is 9.59 Å². The van der Waals surface area contributed by atoms with E-state index in [1.54, 1.807) is 0 Å². The van der Waals surface area contributed by atoms with Crippen molar-refractivity contribution < 1.29 is 29.3 Å². The van der Waals surface area contributed by atoms with Crippen molar-refractivity contribution in [1.29, 1.82) is 0 Å².